The molecule has 468 valence electrons. The fourth-order valence-corrected chi connectivity index (χ4v) is 8.91. The monoisotopic (exact) mass is 1140 g/mol. The van der Waals surface area contributed by atoms with Gasteiger partial charge in [0.25, 0.3) is 0 Å². The van der Waals surface area contributed by atoms with E-state index >= 15 is 0 Å². The van der Waals surface area contributed by atoms with E-state index in [1.165, 1.54) is 89.9 Å². The van der Waals surface area contributed by atoms with Crippen molar-refractivity contribution in [3.8, 4) is 0 Å². The van der Waals surface area contributed by atoms with Crippen molar-refractivity contribution in [2.24, 2.45) is 0 Å². The molecule has 0 N–H and O–H groups in total. The lowest BCUT2D eigenvalue weighted by atomic mass is 10.1. The molecular formula is C77H124O6. The van der Waals surface area contributed by atoms with Crippen molar-refractivity contribution < 1.29 is 28.6 Å². The van der Waals surface area contributed by atoms with Crippen molar-refractivity contribution >= 4 is 17.9 Å². The molecule has 1 unspecified atom stereocenters. The Balaban J connectivity index is 4.47. The molecule has 0 aromatic carbocycles. The van der Waals surface area contributed by atoms with Crippen LogP contribution in [0.1, 0.15) is 290 Å². The second-order valence-electron chi connectivity index (χ2n) is 22.0. The maximum Gasteiger partial charge on any atom is 0.306 e. The maximum absolute atomic E-state index is 12.9. The largest absolute Gasteiger partial charge is 0.462 e. The molecule has 0 amide bonds. The van der Waals surface area contributed by atoms with Crippen LogP contribution in [0.15, 0.2) is 158 Å². The minimum atomic E-state index is -0.809. The number of carbonyl (C=O) groups is 3. The summed E-state index contributed by atoms with van der Waals surface area (Å²) >= 11 is 0. The number of esters is 3. The van der Waals surface area contributed by atoms with Gasteiger partial charge in [0.15, 0.2) is 6.10 Å². The highest BCUT2D eigenvalue weighted by molar-refractivity contribution is 5.71. The summed E-state index contributed by atoms with van der Waals surface area (Å²) in [5.41, 5.74) is 0. The van der Waals surface area contributed by atoms with Crippen molar-refractivity contribution in [3.05, 3.63) is 158 Å². The summed E-state index contributed by atoms with van der Waals surface area (Å²) < 4.78 is 16.9. The number of ether oxygens (including phenoxy) is 3. The highest BCUT2D eigenvalue weighted by atomic mass is 16.6. The summed E-state index contributed by atoms with van der Waals surface area (Å²) in [6, 6.07) is 0. The minimum absolute atomic E-state index is 0.102. The van der Waals surface area contributed by atoms with Crippen LogP contribution in [0, 0.1) is 0 Å². The van der Waals surface area contributed by atoms with Crippen LogP contribution in [0.3, 0.4) is 0 Å². The first-order chi connectivity index (χ1) is 41.0. The molecular weight excluding hydrogens is 1020 g/mol. The van der Waals surface area contributed by atoms with Gasteiger partial charge >= 0.3 is 17.9 Å². The van der Waals surface area contributed by atoms with Crippen LogP contribution in [0.25, 0.3) is 0 Å². The molecule has 0 bridgehead atoms. The van der Waals surface area contributed by atoms with E-state index in [2.05, 4.69) is 179 Å². The Morgan fingerprint density at radius 3 is 0.735 bits per heavy atom. The average molecular weight is 1150 g/mol. The normalized spacial score (nSPS) is 13.1. The second-order valence-corrected chi connectivity index (χ2v) is 22.0. The molecule has 0 aliphatic heterocycles. The Morgan fingerprint density at radius 1 is 0.253 bits per heavy atom. The molecule has 0 fully saturated rings. The first-order valence-corrected chi connectivity index (χ1v) is 34.0. The zero-order chi connectivity index (χ0) is 59.9. The van der Waals surface area contributed by atoms with Gasteiger partial charge < -0.3 is 14.2 Å². The Labute approximate surface area is 511 Å². The Hall–Kier alpha value is -4.97. The summed E-state index contributed by atoms with van der Waals surface area (Å²) in [7, 11) is 0. The SMILES string of the molecule is CC/C=C\C/C=C\C/C=C\C/C=C\C/C=C\C/C=C\C/C=C\C/C=C\CCCCCCC(=O)OCC(COC(=O)CCCCCCCCC/C=C\C/C=C\CCCCC)OC(=O)CCCCCCCC/C=C\C/C=C\C/C=C\CCCCC. The van der Waals surface area contributed by atoms with E-state index in [1.54, 1.807) is 0 Å². The molecule has 0 spiro atoms. The van der Waals surface area contributed by atoms with Gasteiger partial charge in [0.05, 0.1) is 0 Å². The van der Waals surface area contributed by atoms with E-state index in [1.807, 2.05) is 0 Å². The van der Waals surface area contributed by atoms with Crippen molar-refractivity contribution in [3.63, 3.8) is 0 Å². The molecule has 83 heavy (non-hydrogen) atoms. The summed E-state index contributed by atoms with van der Waals surface area (Å²) in [4.78, 5) is 38.4. The molecule has 1 atom stereocenters. The highest BCUT2D eigenvalue weighted by Gasteiger charge is 2.19. The van der Waals surface area contributed by atoms with Crippen molar-refractivity contribution in [1.29, 1.82) is 0 Å². The molecule has 0 saturated heterocycles. The van der Waals surface area contributed by atoms with Gasteiger partial charge in [-0.05, 0) is 154 Å². The fourth-order valence-electron chi connectivity index (χ4n) is 8.91. The molecule has 0 saturated carbocycles. The first-order valence-electron chi connectivity index (χ1n) is 34.0. The van der Waals surface area contributed by atoms with E-state index in [0.29, 0.717) is 19.3 Å². The predicted octanol–water partition coefficient (Wildman–Crippen LogP) is 23.7. The summed E-state index contributed by atoms with van der Waals surface area (Å²) in [5.74, 6) is -0.946. The maximum atomic E-state index is 12.9. The number of allylic oxidation sites excluding steroid dienone is 26. The molecule has 0 aliphatic carbocycles. The van der Waals surface area contributed by atoms with E-state index in [4.69, 9.17) is 14.2 Å². The molecule has 0 rings (SSSR count). The van der Waals surface area contributed by atoms with Crippen LogP contribution >= 0.6 is 0 Å². The van der Waals surface area contributed by atoms with Gasteiger partial charge in [-0.2, -0.15) is 0 Å². The van der Waals surface area contributed by atoms with Crippen LogP contribution in [-0.2, 0) is 28.6 Å². The third kappa shape index (κ3) is 67.7. The number of unbranched alkanes of at least 4 members (excludes halogenated alkanes) is 23. The Bertz CT molecular complexity index is 1840. The third-order valence-electron chi connectivity index (χ3n) is 14.0. The quantitative estimate of drug-likeness (QED) is 0.0261. The van der Waals surface area contributed by atoms with Gasteiger partial charge in [0, 0.05) is 19.3 Å². The fraction of sp³-hybridized carbons (Fsp3) is 0.623. The average Bonchev–Trinajstić information content (AvgIpc) is 3.49. The van der Waals surface area contributed by atoms with Gasteiger partial charge in [-0.1, -0.05) is 275 Å². The Kier molecular flexibility index (Phi) is 65.4. The van der Waals surface area contributed by atoms with Gasteiger partial charge in [0.1, 0.15) is 13.2 Å². The lowest BCUT2D eigenvalue weighted by Gasteiger charge is -2.18. The van der Waals surface area contributed by atoms with Gasteiger partial charge in [-0.15, -0.1) is 0 Å². The molecule has 0 aliphatic rings. The van der Waals surface area contributed by atoms with E-state index in [9.17, 15) is 14.4 Å². The smallest absolute Gasteiger partial charge is 0.306 e. The second kappa shape index (κ2) is 69.5. The number of hydrogen-bond acceptors (Lipinski definition) is 6. The van der Waals surface area contributed by atoms with Gasteiger partial charge in [0.2, 0.25) is 0 Å². The Morgan fingerprint density at radius 2 is 0.470 bits per heavy atom. The lowest BCUT2D eigenvalue weighted by molar-refractivity contribution is -0.167. The molecule has 0 aromatic rings. The van der Waals surface area contributed by atoms with Crippen LogP contribution in [-0.4, -0.2) is 37.2 Å². The molecule has 0 aromatic heterocycles. The van der Waals surface area contributed by atoms with Crippen molar-refractivity contribution in [2.45, 2.75) is 297 Å². The zero-order valence-corrected chi connectivity index (χ0v) is 53.7. The number of hydrogen-bond donors (Lipinski definition) is 0. The molecule has 6 nitrogen and oxygen atoms in total. The van der Waals surface area contributed by atoms with Gasteiger partial charge in [-0.3, -0.25) is 14.4 Å². The summed E-state index contributed by atoms with van der Waals surface area (Å²) in [6.45, 7) is 6.44. The summed E-state index contributed by atoms with van der Waals surface area (Å²) in [5, 5.41) is 0. The molecule has 0 radical (unpaired) electrons. The minimum Gasteiger partial charge on any atom is -0.462 e. The van der Waals surface area contributed by atoms with E-state index in [-0.39, 0.29) is 31.1 Å². The van der Waals surface area contributed by atoms with Crippen molar-refractivity contribution in [2.75, 3.05) is 13.2 Å². The first kappa shape index (κ1) is 78.0. The standard InChI is InChI=1S/C77H124O6/c1-4-7-10-13-16-19-22-25-28-31-33-34-35-36-37-38-39-40-41-42-44-46-49-52-55-58-61-64-67-70-76(79)82-73-74(72-81-75(78)69-66-63-60-57-54-51-48-45-30-27-24-21-18-15-12-9-6-3)83-77(80)71-68-65-62-59-56-53-50-47-43-32-29-26-23-20-17-14-11-8-5-2/h7,10,16-21,25-30,33-34,36-37,39-40,42-44,47,49,52,74H,4-6,8-9,11-15,22-24,31-32,35,38,41,45-46,48,50-51,53-73H2,1-3H3/b10-7-,19-16-,20-17-,21-18-,28-25-,29-26-,30-27-,34-33-,37-36-,40-39-,44-42-,47-43-,52-49-. The number of rotatable bonds is 60. The van der Waals surface area contributed by atoms with Crippen molar-refractivity contribution in [1.82, 2.24) is 0 Å². The molecule has 0 heterocycles. The highest BCUT2D eigenvalue weighted by Crippen LogP contribution is 2.14. The molecule has 6 heteroatoms. The van der Waals surface area contributed by atoms with Crippen LogP contribution in [0.4, 0.5) is 0 Å². The predicted molar refractivity (Wildman–Crippen MR) is 362 cm³/mol. The van der Waals surface area contributed by atoms with E-state index < -0.39 is 6.10 Å². The third-order valence-corrected chi connectivity index (χ3v) is 14.0. The van der Waals surface area contributed by atoms with Crippen LogP contribution in [0.5, 0.6) is 0 Å². The van der Waals surface area contributed by atoms with Gasteiger partial charge in [-0.25, -0.2) is 0 Å². The lowest BCUT2D eigenvalue weighted by Crippen LogP contribution is -2.30. The van der Waals surface area contributed by atoms with Crippen LogP contribution in [0.2, 0.25) is 0 Å². The van der Waals surface area contributed by atoms with E-state index in [0.717, 1.165) is 161 Å². The van der Waals surface area contributed by atoms with Crippen LogP contribution < -0.4 is 0 Å². The topological polar surface area (TPSA) is 78.9 Å². The summed E-state index contributed by atoms with van der Waals surface area (Å²) in [6.07, 6.45) is 101. The zero-order valence-electron chi connectivity index (χ0n) is 53.7. The number of carbonyl (C=O) groups excluding carboxylic acids is 3.